The van der Waals surface area contributed by atoms with Gasteiger partial charge in [0.1, 0.15) is 5.82 Å². The van der Waals surface area contributed by atoms with Gasteiger partial charge in [0.2, 0.25) is 5.29 Å². The van der Waals surface area contributed by atoms with Crippen molar-refractivity contribution in [3.63, 3.8) is 0 Å². The highest BCUT2D eigenvalue weighted by Crippen LogP contribution is 2.06. The summed E-state index contributed by atoms with van der Waals surface area (Å²) >= 11 is 6.18. The van der Waals surface area contributed by atoms with Crippen molar-refractivity contribution in [3.8, 4) is 0 Å². The highest BCUT2D eigenvalue weighted by Gasteiger charge is 2.02. The standard InChI is InChI=1S/C20H33ClN4/c1-7-11-12-14-18(13-8-2)15-16-22-17(5)23-20(21)24-19(9-3)25(6)10-4/h8-9,11-14H,7,10,15-16H2,1-6H3,(H,22,23,24)/b12-11+,13-8-,18-14+,19-9+. The molecule has 0 aromatic rings. The number of hydrogen-bond acceptors (Lipinski definition) is 3. The topological polar surface area (TPSA) is 40.0 Å². The van der Waals surface area contributed by atoms with Crippen LogP contribution in [-0.4, -0.2) is 36.2 Å². The van der Waals surface area contributed by atoms with Crippen LogP contribution in [0, 0.1) is 0 Å². The lowest BCUT2D eigenvalue weighted by molar-refractivity contribution is 0.437. The number of allylic oxidation sites excluding steroid dienone is 6. The summed E-state index contributed by atoms with van der Waals surface area (Å²) in [6.45, 7) is 11.6. The fourth-order valence-corrected chi connectivity index (χ4v) is 2.19. The molecule has 0 aliphatic heterocycles. The zero-order valence-electron chi connectivity index (χ0n) is 16.5. The normalized spacial score (nSPS) is 14.7. The van der Waals surface area contributed by atoms with Gasteiger partial charge in [-0.3, -0.25) is 4.99 Å². The molecular formula is C20H33ClN4. The first-order valence-electron chi connectivity index (χ1n) is 8.86. The van der Waals surface area contributed by atoms with Gasteiger partial charge in [0.15, 0.2) is 0 Å². The summed E-state index contributed by atoms with van der Waals surface area (Å²) in [6.07, 6.45) is 14.4. The molecule has 1 N–H and O–H groups in total. The minimum atomic E-state index is 0.324. The third-order valence-corrected chi connectivity index (χ3v) is 3.61. The lowest BCUT2D eigenvalue weighted by Crippen LogP contribution is -2.26. The molecule has 0 aromatic carbocycles. The zero-order chi connectivity index (χ0) is 19.1. The van der Waals surface area contributed by atoms with Crippen molar-refractivity contribution in [2.24, 2.45) is 9.98 Å². The van der Waals surface area contributed by atoms with E-state index in [0.29, 0.717) is 11.8 Å². The van der Waals surface area contributed by atoms with E-state index < -0.39 is 0 Å². The average Bonchev–Trinajstić information content (AvgIpc) is 2.59. The van der Waals surface area contributed by atoms with Crippen molar-refractivity contribution in [1.82, 2.24) is 10.2 Å². The van der Waals surface area contributed by atoms with E-state index in [1.54, 1.807) is 0 Å². The molecule has 0 rings (SSSR count). The molecule has 4 nitrogen and oxygen atoms in total. The summed E-state index contributed by atoms with van der Waals surface area (Å²) in [7, 11) is 1.98. The van der Waals surface area contributed by atoms with E-state index in [0.717, 1.165) is 31.0 Å². The molecule has 0 aliphatic rings. The Morgan fingerprint density at radius 3 is 2.52 bits per heavy atom. The zero-order valence-corrected chi connectivity index (χ0v) is 17.3. The molecule has 0 saturated carbocycles. The third-order valence-electron chi connectivity index (χ3n) is 3.43. The van der Waals surface area contributed by atoms with Crippen LogP contribution in [0.5, 0.6) is 0 Å². The van der Waals surface area contributed by atoms with Crippen molar-refractivity contribution in [2.75, 3.05) is 20.1 Å². The van der Waals surface area contributed by atoms with Crippen LogP contribution in [0.1, 0.15) is 47.5 Å². The number of aliphatic imine (C=N–C) groups is 2. The SMILES string of the molecule is C\C=C/C(=C\C=C\CC)CCN=C(C)N/C(Cl)=N\C(=C/C)N(C)CC. The first-order valence-corrected chi connectivity index (χ1v) is 9.24. The van der Waals surface area contributed by atoms with Crippen LogP contribution >= 0.6 is 11.6 Å². The van der Waals surface area contributed by atoms with Crippen LogP contribution in [0.2, 0.25) is 0 Å². The second-order valence-electron chi connectivity index (χ2n) is 5.48. The largest absolute Gasteiger partial charge is 0.360 e. The number of hydrogen-bond donors (Lipinski definition) is 1. The lowest BCUT2D eigenvalue weighted by Gasteiger charge is -2.17. The average molecular weight is 365 g/mol. The number of halogens is 1. The lowest BCUT2D eigenvalue weighted by atomic mass is 10.1. The maximum atomic E-state index is 6.18. The van der Waals surface area contributed by atoms with E-state index in [1.165, 1.54) is 5.57 Å². The van der Waals surface area contributed by atoms with E-state index in [1.807, 2.05) is 44.9 Å². The molecular weight excluding hydrogens is 332 g/mol. The Morgan fingerprint density at radius 2 is 1.96 bits per heavy atom. The van der Waals surface area contributed by atoms with Crippen molar-refractivity contribution < 1.29 is 0 Å². The molecule has 0 radical (unpaired) electrons. The number of nitrogens with zero attached hydrogens (tertiary/aromatic N) is 3. The van der Waals surface area contributed by atoms with Crippen LogP contribution in [0.3, 0.4) is 0 Å². The third kappa shape index (κ3) is 11.4. The fourth-order valence-electron chi connectivity index (χ4n) is 1.97. The Morgan fingerprint density at radius 1 is 1.24 bits per heavy atom. The van der Waals surface area contributed by atoms with Crippen LogP contribution in [0.15, 0.2) is 57.8 Å². The van der Waals surface area contributed by atoms with Gasteiger partial charge in [-0.2, -0.15) is 0 Å². The van der Waals surface area contributed by atoms with Gasteiger partial charge in [0.25, 0.3) is 0 Å². The molecule has 0 amide bonds. The molecule has 0 atom stereocenters. The molecule has 0 fully saturated rings. The summed E-state index contributed by atoms with van der Waals surface area (Å²) in [6, 6.07) is 0. The van der Waals surface area contributed by atoms with Gasteiger partial charge in [-0.1, -0.05) is 37.3 Å². The highest BCUT2D eigenvalue weighted by molar-refractivity contribution is 6.66. The van der Waals surface area contributed by atoms with Crippen LogP contribution in [0.4, 0.5) is 0 Å². The van der Waals surface area contributed by atoms with Gasteiger partial charge in [0.05, 0.1) is 5.84 Å². The quantitative estimate of drug-likeness (QED) is 0.262. The predicted octanol–water partition coefficient (Wildman–Crippen LogP) is 5.26. The predicted molar refractivity (Wildman–Crippen MR) is 113 cm³/mol. The molecule has 0 unspecified atom stereocenters. The van der Waals surface area contributed by atoms with Crippen molar-refractivity contribution in [3.05, 3.63) is 47.9 Å². The summed E-state index contributed by atoms with van der Waals surface area (Å²) < 4.78 is 0. The van der Waals surface area contributed by atoms with Gasteiger partial charge in [-0.15, -0.1) is 0 Å². The first kappa shape index (κ1) is 23.2. The molecule has 0 saturated heterocycles. The second kappa shape index (κ2) is 14.5. The van der Waals surface area contributed by atoms with Crippen molar-refractivity contribution >= 4 is 22.7 Å². The number of rotatable bonds is 9. The van der Waals surface area contributed by atoms with E-state index in [-0.39, 0.29) is 0 Å². The van der Waals surface area contributed by atoms with E-state index in [2.05, 4.69) is 53.5 Å². The molecule has 5 heteroatoms. The Kier molecular flexibility index (Phi) is 13.5. The van der Waals surface area contributed by atoms with E-state index >= 15 is 0 Å². The molecule has 0 spiro atoms. The van der Waals surface area contributed by atoms with Gasteiger partial charge in [-0.25, -0.2) is 4.99 Å². The molecule has 0 aliphatic carbocycles. The second-order valence-corrected chi connectivity index (χ2v) is 5.84. The molecule has 140 valence electrons. The van der Waals surface area contributed by atoms with Crippen molar-refractivity contribution in [2.45, 2.75) is 47.5 Å². The maximum Gasteiger partial charge on any atom is 0.203 e. The summed E-state index contributed by atoms with van der Waals surface area (Å²) in [5.74, 6) is 1.58. The maximum absolute atomic E-state index is 6.18. The summed E-state index contributed by atoms with van der Waals surface area (Å²) in [5, 5.41) is 3.35. The summed E-state index contributed by atoms with van der Waals surface area (Å²) in [4.78, 5) is 10.9. The number of amidine groups is 2. The highest BCUT2D eigenvalue weighted by atomic mass is 35.5. The minimum absolute atomic E-state index is 0.324. The van der Waals surface area contributed by atoms with Crippen LogP contribution in [-0.2, 0) is 0 Å². The molecule has 0 bridgehead atoms. The minimum Gasteiger partial charge on any atom is -0.360 e. The van der Waals surface area contributed by atoms with Crippen molar-refractivity contribution in [1.29, 1.82) is 0 Å². The smallest absolute Gasteiger partial charge is 0.203 e. The first-order chi connectivity index (χ1) is 12.0. The summed E-state index contributed by atoms with van der Waals surface area (Å²) in [5.41, 5.74) is 1.25. The van der Waals surface area contributed by atoms with E-state index in [9.17, 15) is 0 Å². The van der Waals surface area contributed by atoms with Gasteiger partial charge >= 0.3 is 0 Å². The number of nitrogens with one attached hydrogen (secondary N) is 1. The Hall–Kier alpha value is -1.81. The fraction of sp³-hybridized carbons (Fsp3) is 0.500. The molecule has 0 heterocycles. The molecule has 25 heavy (non-hydrogen) atoms. The Bertz CT molecular complexity index is 554. The van der Waals surface area contributed by atoms with Crippen LogP contribution < -0.4 is 5.32 Å². The van der Waals surface area contributed by atoms with Gasteiger partial charge < -0.3 is 10.2 Å². The molecule has 0 aromatic heterocycles. The van der Waals surface area contributed by atoms with E-state index in [4.69, 9.17) is 11.6 Å². The Labute approximate surface area is 158 Å². The Balaban J connectivity index is 4.71. The van der Waals surface area contributed by atoms with Gasteiger partial charge in [-0.05, 0) is 63.8 Å². The van der Waals surface area contributed by atoms with Gasteiger partial charge in [0, 0.05) is 20.1 Å². The van der Waals surface area contributed by atoms with Crippen LogP contribution in [0.25, 0.3) is 0 Å². The monoisotopic (exact) mass is 364 g/mol.